The molecule has 0 spiro atoms. The van der Waals surface area contributed by atoms with Crippen molar-refractivity contribution in [2.24, 2.45) is 5.92 Å². The van der Waals surface area contributed by atoms with Crippen LogP contribution >= 0.6 is 15.9 Å². The van der Waals surface area contributed by atoms with Crippen molar-refractivity contribution in [2.75, 3.05) is 19.8 Å². The number of nitrogens with one attached hydrogen (secondary N) is 1. The first-order valence-corrected chi connectivity index (χ1v) is 8.97. The van der Waals surface area contributed by atoms with Crippen LogP contribution in [-0.2, 0) is 11.2 Å². The van der Waals surface area contributed by atoms with Gasteiger partial charge in [0.15, 0.2) is 0 Å². The first-order valence-electron chi connectivity index (χ1n) is 8.18. The van der Waals surface area contributed by atoms with E-state index in [1.807, 2.05) is 0 Å². The molecular formula is C18H30BrNO. The quantitative estimate of drug-likeness (QED) is 0.575. The van der Waals surface area contributed by atoms with E-state index >= 15 is 0 Å². The fraction of sp³-hybridized carbons (Fsp3) is 0.667. The number of unbranched alkanes of at least 4 members (excludes halogenated alkanes) is 1. The van der Waals surface area contributed by atoms with E-state index < -0.39 is 0 Å². The van der Waals surface area contributed by atoms with Crippen molar-refractivity contribution in [2.45, 2.75) is 52.5 Å². The Hall–Kier alpha value is -0.380. The molecule has 21 heavy (non-hydrogen) atoms. The number of ether oxygens (including phenoxy) is 1. The maximum absolute atomic E-state index is 5.74. The molecule has 0 amide bonds. The molecule has 2 nitrogen and oxygen atoms in total. The van der Waals surface area contributed by atoms with Crippen LogP contribution in [0.4, 0.5) is 0 Å². The Balaban J connectivity index is 2.45. The molecule has 0 bridgehead atoms. The van der Waals surface area contributed by atoms with Crippen LogP contribution in [0, 0.1) is 5.92 Å². The molecule has 1 N–H and O–H groups in total. The van der Waals surface area contributed by atoms with Crippen LogP contribution in [0.15, 0.2) is 28.7 Å². The van der Waals surface area contributed by atoms with E-state index in [9.17, 15) is 0 Å². The zero-order valence-electron chi connectivity index (χ0n) is 13.7. The molecule has 0 aliphatic heterocycles. The summed E-state index contributed by atoms with van der Waals surface area (Å²) in [5.74, 6) is 0.618. The Kier molecular flexibility index (Phi) is 9.98. The van der Waals surface area contributed by atoms with Crippen LogP contribution in [0.25, 0.3) is 0 Å². The van der Waals surface area contributed by atoms with Gasteiger partial charge in [0, 0.05) is 23.7 Å². The van der Waals surface area contributed by atoms with E-state index in [0.717, 1.165) is 32.6 Å². The average molecular weight is 356 g/mol. The number of benzene rings is 1. The number of rotatable bonds is 11. The van der Waals surface area contributed by atoms with E-state index in [0.29, 0.717) is 12.0 Å². The number of halogens is 1. The topological polar surface area (TPSA) is 21.3 Å². The summed E-state index contributed by atoms with van der Waals surface area (Å²) in [6.07, 6.45) is 4.58. The van der Waals surface area contributed by atoms with E-state index in [-0.39, 0.29) is 0 Å². The van der Waals surface area contributed by atoms with E-state index in [4.69, 9.17) is 4.74 Å². The van der Waals surface area contributed by atoms with Crippen molar-refractivity contribution in [1.82, 2.24) is 5.32 Å². The van der Waals surface area contributed by atoms with Gasteiger partial charge >= 0.3 is 0 Å². The van der Waals surface area contributed by atoms with Crippen molar-refractivity contribution in [1.29, 1.82) is 0 Å². The zero-order valence-corrected chi connectivity index (χ0v) is 15.3. The highest BCUT2D eigenvalue weighted by Crippen LogP contribution is 2.21. The second kappa shape index (κ2) is 11.2. The molecule has 1 aromatic rings. The lowest BCUT2D eigenvalue weighted by Gasteiger charge is -2.20. The van der Waals surface area contributed by atoms with Crippen LogP contribution in [0.3, 0.4) is 0 Å². The lowest BCUT2D eigenvalue weighted by atomic mass is 9.96. The minimum Gasteiger partial charge on any atom is -0.381 e. The highest BCUT2D eigenvalue weighted by molar-refractivity contribution is 9.10. The van der Waals surface area contributed by atoms with Gasteiger partial charge in [-0.3, -0.25) is 0 Å². The number of hydrogen-bond acceptors (Lipinski definition) is 2. The summed E-state index contributed by atoms with van der Waals surface area (Å²) in [6.45, 7) is 9.42. The van der Waals surface area contributed by atoms with E-state index in [2.05, 4.69) is 66.3 Å². The van der Waals surface area contributed by atoms with Gasteiger partial charge in [0.25, 0.3) is 0 Å². The lowest BCUT2D eigenvalue weighted by molar-refractivity contribution is 0.116. The van der Waals surface area contributed by atoms with Gasteiger partial charge in [-0.15, -0.1) is 0 Å². The molecule has 0 heterocycles. The third-order valence-electron chi connectivity index (χ3n) is 3.59. The summed E-state index contributed by atoms with van der Waals surface area (Å²) in [5, 5.41) is 3.57. The van der Waals surface area contributed by atoms with Gasteiger partial charge in [0.1, 0.15) is 0 Å². The molecule has 0 fully saturated rings. The minimum absolute atomic E-state index is 0.535. The van der Waals surface area contributed by atoms with Gasteiger partial charge in [-0.1, -0.05) is 61.3 Å². The number of hydrogen-bond donors (Lipinski definition) is 1. The maximum atomic E-state index is 5.74. The third-order valence-corrected chi connectivity index (χ3v) is 4.37. The Morgan fingerprint density at radius 1 is 1.19 bits per heavy atom. The smallest absolute Gasteiger partial charge is 0.0469 e. The van der Waals surface area contributed by atoms with Gasteiger partial charge < -0.3 is 10.1 Å². The molecule has 120 valence electrons. The van der Waals surface area contributed by atoms with Crippen molar-refractivity contribution in [3.63, 3.8) is 0 Å². The Labute approximate surface area is 138 Å². The van der Waals surface area contributed by atoms with Crippen molar-refractivity contribution in [3.05, 3.63) is 34.3 Å². The first kappa shape index (κ1) is 18.7. The fourth-order valence-electron chi connectivity index (χ4n) is 2.25. The molecule has 3 heteroatoms. The summed E-state index contributed by atoms with van der Waals surface area (Å²) < 4.78 is 6.95. The molecule has 1 aromatic carbocycles. The molecular weight excluding hydrogens is 326 g/mol. The molecule has 0 radical (unpaired) electrons. The van der Waals surface area contributed by atoms with Gasteiger partial charge in [0.2, 0.25) is 0 Å². The summed E-state index contributed by atoms with van der Waals surface area (Å²) in [6, 6.07) is 9.06. The second-order valence-electron chi connectivity index (χ2n) is 5.98. The molecule has 1 rings (SSSR count). The Morgan fingerprint density at radius 3 is 2.62 bits per heavy atom. The highest BCUT2D eigenvalue weighted by atomic mass is 79.9. The summed E-state index contributed by atoms with van der Waals surface area (Å²) in [4.78, 5) is 0. The van der Waals surface area contributed by atoms with Crippen LogP contribution in [0.2, 0.25) is 0 Å². The third kappa shape index (κ3) is 8.60. The second-order valence-corrected chi connectivity index (χ2v) is 6.83. The summed E-state index contributed by atoms with van der Waals surface area (Å²) in [5.41, 5.74) is 1.39. The molecule has 0 aromatic heterocycles. The lowest BCUT2D eigenvalue weighted by Crippen LogP contribution is -2.30. The zero-order chi connectivity index (χ0) is 15.5. The highest BCUT2D eigenvalue weighted by Gasteiger charge is 2.12. The molecule has 0 aliphatic carbocycles. The van der Waals surface area contributed by atoms with Gasteiger partial charge in [-0.2, -0.15) is 0 Å². The largest absolute Gasteiger partial charge is 0.381 e. The fourth-order valence-corrected chi connectivity index (χ4v) is 2.70. The maximum Gasteiger partial charge on any atom is 0.0469 e. The van der Waals surface area contributed by atoms with Crippen molar-refractivity contribution in [3.8, 4) is 0 Å². The average Bonchev–Trinajstić information content (AvgIpc) is 2.46. The van der Waals surface area contributed by atoms with E-state index in [1.54, 1.807) is 0 Å². The van der Waals surface area contributed by atoms with Crippen LogP contribution in [0.5, 0.6) is 0 Å². The van der Waals surface area contributed by atoms with Crippen molar-refractivity contribution >= 4 is 15.9 Å². The van der Waals surface area contributed by atoms with Gasteiger partial charge in [-0.25, -0.2) is 0 Å². The molecule has 0 aliphatic rings. The summed E-state index contributed by atoms with van der Waals surface area (Å²) in [7, 11) is 0. The predicted molar refractivity (Wildman–Crippen MR) is 94.8 cm³/mol. The van der Waals surface area contributed by atoms with E-state index in [1.165, 1.54) is 22.9 Å². The normalized spacial score (nSPS) is 12.8. The van der Waals surface area contributed by atoms with Crippen LogP contribution in [0.1, 0.15) is 45.6 Å². The Bertz CT molecular complexity index is 381. The SMILES string of the molecule is CCCCOCCC(CNC(C)C)Cc1ccccc1Br. The first-order chi connectivity index (χ1) is 10.1. The molecule has 0 saturated heterocycles. The van der Waals surface area contributed by atoms with Gasteiger partial charge in [0.05, 0.1) is 0 Å². The van der Waals surface area contributed by atoms with Gasteiger partial charge in [-0.05, 0) is 43.4 Å². The molecule has 1 atom stereocenters. The molecule has 1 unspecified atom stereocenters. The van der Waals surface area contributed by atoms with Crippen LogP contribution in [-0.4, -0.2) is 25.8 Å². The monoisotopic (exact) mass is 355 g/mol. The standard InChI is InChI=1S/C18H30BrNO/c1-4-5-11-21-12-10-16(14-20-15(2)3)13-17-8-6-7-9-18(17)19/h6-9,15-16,20H,4-5,10-14H2,1-3H3. The summed E-state index contributed by atoms with van der Waals surface area (Å²) >= 11 is 3.66. The Morgan fingerprint density at radius 2 is 1.95 bits per heavy atom. The molecule has 0 saturated carbocycles. The predicted octanol–water partition coefficient (Wildman–Crippen LogP) is 4.81. The van der Waals surface area contributed by atoms with Crippen molar-refractivity contribution < 1.29 is 4.74 Å². The minimum atomic E-state index is 0.535. The van der Waals surface area contributed by atoms with Crippen LogP contribution < -0.4 is 5.32 Å².